The Hall–Kier alpha value is -1.39. The third kappa shape index (κ3) is 2.54. The maximum absolute atomic E-state index is 13.8. The third-order valence-corrected chi connectivity index (χ3v) is 3.38. The topological polar surface area (TPSA) is 29.9 Å². The van der Waals surface area contributed by atoms with Gasteiger partial charge < -0.3 is 9.88 Å². The van der Waals surface area contributed by atoms with Gasteiger partial charge in [-0.2, -0.15) is 0 Å². The van der Waals surface area contributed by atoms with E-state index in [1.165, 1.54) is 6.07 Å². The maximum Gasteiger partial charge on any atom is 0.127 e. The van der Waals surface area contributed by atoms with E-state index >= 15 is 0 Å². The van der Waals surface area contributed by atoms with Crippen LogP contribution in [0, 0.1) is 5.82 Å². The van der Waals surface area contributed by atoms with E-state index in [0.717, 1.165) is 5.69 Å². The molecule has 1 aromatic carbocycles. The van der Waals surface area contributed by atoms with Crippen molar-refractivity contribution in [1.82, 2.24) is 14.9 Å². The quantitative estimate of drug-likeness (QED) is 0.923. The van der Waals surface area contributed by atoms with Crippen molar-refractivity contribution in [2.24, 2.45) is 7.05 Å². The molecule has 0 spiro atoms. The predicted molar refractivity (Wildman–Crippen MR) is 70.1 cm³/mol. The van der Waals surface area contributed by atoms with E-state index in [1.807, 2.05) is 18.7 Å². The maximum atomic E-state index is 13.8. The van der Waals surface area contributed by atoms with Crippen LogP contribution in [-0.4, -0.2) is 16.6 Å². The van der Waals surface area contributed by atoms with Crippen LogP contribution in [0.5, 0.6) is 0 Å². The summed E-state index contributed by atoms with van der Waals surface area (Å²) in [6.45, 7) is 0. The van der Waals surface area contributed by atoms with E-state index in [2.05, 4.69) is 10.3 Å². The van der Waals surface area contributed by atoms with Gasteiger partial charge in [0, 0.05) is 23.8 Å². The molecule has 0 aliphatic rings. The first-order valence-electron chi connectivity index (χ1n) is 5.70. The Morgan fingerprint density at radius 3 is 2.83 bits per heavy atom. The minimum Gasteiger partial charge on any atom is -0.336 e. The average molecular weight is 268 g/mol. The number of benzene rings is 1. The van der Waals surface area contributed by atoms with Crippen LogP contribution in [0.3, 0.4) is 0 Å². The van der Waals surface area contributed by atoms with Gasteiger partial charge in [0.15, 0.2) is 0 Å². The summed E-state index contributed by atoms with van der Waals surface area (Å²) in [6.07, 6.45) is 3.99. The molecule has 0 saturated heterocycles. The monoisotopic (exact) mass is 267 g/mol. The van der Waals surface area contributed by atoms with Crippen molar-refractivity contribution < 1.29 is 4.39 Å². The number of nitrogens with zero attached hydrogens (tertiary/aromatic N) is 2. The summed E-state index contributed by atoms with van der Waals surface area (Å²) in [7, 11) is 3.75. The number of nitrogens with one attached hydrogen (secondary N) is 1. The first kappa shape index (κ1) is 13.1. The Morgan fingerprint density at radius 1 is 1.50 bits per heavy atom. The van der Waals surface area contributed by atoms with Gasteiger partial charge in [-0.1, -0.05) is 17.7 Å². The second-order valence-electron chi connectivity index (χ2n) is 4.18. The molecular weight excluding hydrogens is 253 g/mol. The fourth-order valence-electron chi connectivity index (χ4n) is 1.99. The van der Waals surface area contributed by atoms with Crippen LogP contribution in [0.4, 0.5) is 4.39 Å². The van der Waals surface area contributed by atoms with E-state index in [1.54, 1.807) is 24.7 Å². The smallest absolute Gasteiger partial charge is 0.127 e. The van der Waals surface area contributed by atoms with Gasteiger partial charge in [-0.25, -0.2) is 9.37 Å². The van der Waals surface area contributed by atoms with Crippen LogP contribution in [0.2, 0.25) is 5.02 Å². The number of aryl methyl sites for hydroxylation is 1. The highest BCUT2D eigenvalue weighted by Gasteiger charge is 2.17. The van der Waals surface area contributed by atoms with E-state index in [0.29, 0.717) is 17.0 Å². The SMILES string of the molecule is CNC(Cc1c(F)cccc1Cl)c1cncn1C. The zero-order valence-corrected chi connectivity index (χ0v) is 11.1. The Balaban J connectivity index is 2.29. The number of aromatic nitrogens is 2. The lowest BCUT2D eigenvalue weighted by Gasteiger charge is -2.17. The summed E-state index contributed by atoms with van der Waals surface area (Å²) in [5, 5.41) is 3.62. The van der Waals surface area contributed by atoms with Crippen LogP contribution < -0.4 is 5.32 Å². The molecule has 1 atom stereocenters. The van der Waals surface area contributed by atoms with Crippen LogP contribution in [-0.2, 0) is 13.5 Å². The van der Waals surface area contributed by atoms with Gasteiger partial charge in [-0.15, -0.1) is 0 Å². The van der Waals surface area contributed by atoms with Crippen LogP contribution in [0.25, 0.3) is 0 Å². The zero-order valence-electron chi connectivity index (χ0n) is 10.3. The van der Waals surface area contributed by atoms with Gasteiger partial charge in [0.25, 0.3) is 0 Å². The molecular formula is C13H15ClFN3. The molecule has 18 heavy (non-hydrogen) atoms. The minimum atomic E-state index is -0.273. The summed E-state index contributed by atoms with van der Waals surface area (Å²) < 4.78 is 15.7. The molecule has 0 bridgehead atoms. The fraction of sp³-hybridized carbons (Fsp3) is 0.308. The molecule has 5 heteroatoms. The van der Waals surface area contributed by atoms with Crippen molar-refractivity contribution in [3.05, 3.63) is 52.8 Å². The van der Waals surface area contributed by atoms with Crippen molar-refractivity contribution in [3.8, 4) is 0 Å². The first-order chi connectivity index (χ1) is 8.63. The second-order valence-corrected chi connectivity index (χ2v) is 4.58. The number of rotatable bonds is 4. The second kappa shape index (κ2) is 5.50. The van der Waals surface area contributed by atoms with Crippen molar-refractivity contribution in [2.45, 2.75) is 12.5 Å². The fourth-order valence-corrected chi connectivity index (χ4v) is 2.23. The summed E-state index contributed by atoms with van der Waals surface area (Å²) in [5.41, 5.74) is 1.52. The highest BCUT2D eigenvalue weighted by Crippen LogP contribution is 2.25. The third-order valence-electron chi connectivity index (χ3n) is 3.03. The lowest BCUT2D eigenvalue weighted by molar-refractivity contribution is 0.531. The Morgan fingerprint density at radius 2 is 2.28 bits per heavy atom. The van der Waals surface area contributed by atoms with Crippen molar-refractivity contribution in [1.29, 1.82) is 0 Å². The molecule has 0 radical (unpaired) electrons. The van der Waals surface area contributed by atoms with E-state index < -0.39 is 0 Å². The van der Waals surface area contributed by atoms with Gasteiger partial charge in [0.2, 0.25) is 0 Å². The lowest BCUT2D eigenvalue weighted by atomic mass is 10.0. The number of imidazole rings is 1. The van der Waals surface area contributed by atoms with E-state index in [-0.39, 0.29) is 11.9 Å². The normalized spacial score (nSPS) is 12.7. The van der Waals surface area contributed by atoms with Gasteiger partial charge in [0.1, 0.15) is 5.82 Å². The molecule has 1 unspecified atom stereocenters. The molecule has 2 rings (SSSR count). The highest BCUT2D eigenvalue weighted by molar-refractivity contribution is 6.31. The van der Waals surface area contributed by atoms with E-state index in [9.17, 15) is 4.39 Å². The molecule has 3 nitrogen and oxygen atoms in total. The lowest BCUT2D eigenvalue weighted by Crippen LogP contribution is -2.21. The number of hydrogen-bond acceptors (Lipinski definition) is 2. The Bertz CT molecular complexity index is 519. The van der Waals surface area contributed by atoms with Crippen molar-refractivity contribution in [2.75, 3.05) is 7.05 Å². The summed E-state index contributed by atoms with van der Waals surface area (Å²) in [5.74, 6) is -0.273. The largest absolute Gasteiger partial charge is 0.336 e. The van der Waals surface area contributed by atoms with Crippen molar-refractivity contribution in [3.63, 3.8) is 0 Å². The van der Waals surface area contributed by atoms with Gasteiger partial charge >= 0.3 is 0 Å². The molecule has 1 aromatic heterocycles. The summed E-state index contributed by atoms with van der Waals surface area (Å²) in [6, 6.07) is 4.72. The van der Waals surface area contributed by atoms with Gasteiger partial charge in [-0.05, 0) is 25.6 Å². The van der Waals surface area contributed by atoms with Crippen molar-refractivity contribution >= 4 is 11.6 Å². The zero-order chi connectivity index (χ0) is 13.1. The average Bonchev–Trinajstić information content (AvgIpc) is 2.76. The van der Waals surface area contributed by atoms with Crippen LogP contribution in [0.15, 0.2) is 30.7 Å². The Kier molecular flexibility index (Phi) is 3.99. The van der Waals surface area contributed by atoms with Crippen LogP contribution in [0.1, 0.15) is 17.3 Å². The highest BCUT2D eigenvalue weighted by atomic mass is 35.5. The molecule has 1 heterocycles. The molecule has 0 amide bonds. The standard InChI is InChI=1S/C13H15ClFN3/c1-16-12(13-7-17-8-18(13)2)6-9-10(14)4-3-5-11(9)15/h3-5,7-8,12,16H,6H2,1-2H3. The summed E-state index contributed by atoms with van der Waals surface area (Å²) in [4.78, 5) is 4.07. The number of likely N-dealkylation sites (N-methyl/N-ethyl adjacent to an activating group) is 1. The number of hydrogen-bond donors (Lipinski definition) is 1. The van der Waals surface area contributed by atoms with E-state index in [4.69, 9.17) is 11.6 Å². The predicted octanol–water partition coefficient (Wildman–Crippen LogP) is 2.72. The molecule has 2 aromatic rings. The van der Waals surface area contributed by atoms with Gasteiger partial charge in [-0.3, -0.25) is 0 Å². The Labute approximate surface area is 111 Å². The molecule has 0 fully saturated rings. The van der Waals surface area contributed by atoms with Gasteiger partial charge in [0.05, 0.1) is 18.1 Å². The first-order valence-corrected chi connectivity index (χ1v) is 6.07. The minimum absolute atomic E-state index is 0.0214. The van der Waals surface area contributed by atoms with Crippen LogP contribution >= 0.6 is 11.6 Å². The molecule has 1 N–H and O–H groups in total. The number of halogens is 2. The molecule has 0 saturated carbocycles. The molecule has 0 aliphatic carbocycles. The summed E-state index contributed by atoms with van der Waals surface area (Å²) >= 11 is 6.04. The molecule has 96 valence electrons. The molecule has 0 aliphatic heterocycles.